The summed E-state index contributed by atoms with van der Waals surface area (Å²) in [6.45, 7) is 0.924. The van der Waals surface area contributed by atoms with E-state index in [4.69, 9.17) is 29.0 Å². The lowest BCUT2D eigenvalue weighted by atomic mass is 10.1. The van der Waals surface area contributed by atoms with Crippen molar-refractivity contribution in [2.75, 3.05) is 41.1 Å². The van der Waals surface area contributed by atoms with Gasteiger partial charge in [-0.1, -0.05) is 0 Å². The highest BCUT2D eigenvalue weighted by molar-refractivity contribution is 5.94. The number of methoxy groups -OCH3 is 3. The van der Waals surface area contributed by atoms with E-state index in [2.05, 4.69) is 5.32 Å². The maximum atomic E-state index is 12.8. The molecule has 0 bridgehead atoms. The predicted molar refractivity (Wildman–Crippen MR) is 140 cm³/mol. The summed E-state index contributed by atoms with van der Waals surface area (Å²) in [5, 5.41) is 12.0. The number of aliphatic hydroxyl groups excluding tert-OH is 1. The van der Waals surface area contributed by atoms with Crippen molar-refractivity contribution in [1.29, 1.82) is 0 Å². The van der Waals surface area contributed by atoms with Gasteiger partial charge >= 0.3 is 0 Å². The maximum Gasteiger partial charge on any atom is 0.252 e. The molecule has 2 aromatic carbocycles. The Morgan fingerprint density at radius 1 is 0.946 bits per heavy atom. The van der Waals surface area contributed by atoms with Crippen molar-refractivity contribution >= 4 is 11.6 Å². The maximum absolute atomic E-state index is 12.8. The molecule has 0 saturated carbocycles. The normalized spacial score (nSPS) is 10.8. The van der Waals surface area contributed by atoms with Crippen LogP contribution in [0.25, 0.3) is 16.9 Å². The van der Waals surface area contributed by atoms with Crippen molar-refractivity contribution in [3.63, 3.8) is 0 Å². The van der Waals surface area contributed by atoms with Gasteiger partial charge in [0.15, 0.2) is 0 Å². The molecule has 0 saturated heterocycles. The van der Waals surface area contributed by atoms with Gasteiger partial charge in [0.05, 0.1) is 39.2 Å². The largest absolute Gasteiger partial charge is 0.497 e. The zero-order chi connectivity index (χ0) is 26.2. The summed E-state index contributed by atoms with van der Waals surface area (Å²) in [4.78, 5) is 17.5. The van der Waals surface area contributed by atoms with Crippen LogP contribution in [-0.2, 0) is 6.42 Å². The number of hydrogen-bond donors (Lipinski definition) is 2. The van der Waals surface area contributed by atoms with E-state index >= 15 is 0 Å². The minimum atomic E-state index is -0.184. The molecule has 0 aliphatic heterocycles. The number of hydrogen-bond acceptors (Lipinski definition) is 7. The van der Waals surface area contributed by atoms with Gasteiger partial charge < -0.3 is 33.8 Å². The van der Waals surface area contributed by atoms with E-state index in [1.54, 1.807) is 39.7 Å². The van der Waals surface area contributed by atoms with Crippen molar-refractivity contribution in [3.8, 4) is 34.3 Å². The smallest absolute Gasteiger partial charge is 0.252 e. The molecule has 9 nitrogen and oxygen atoms in total. The molecular formula is C28H31N3O6. The Balaban J connectivity index is 1.48. The minimum Gasteiger partial charge on any atom is -0.497 e. The van der Waals surface area contributed by atoms with Gasteiger partial charge in [-0.05, 0) is 60.5 Å². The second kappa shape index (κ2) is 12.1. The van der Waals surface area contributed by atoms with Crippen LogP contribution in [0, 0.1) is 0 Å². The lowest BCUT2D eigenvalue weighted by Gasteiger charge is -2.11. The van der Waals surface area contributed by atoms with Gasteiger partial charge in [-0.25, -0.2) is 4.98 Å². The molecule has 194 valence electrons. The average Bonchev–Trinajstić information content (AvgIpc) is 3.36. The number of aromatic nitrogens is 2. The molecule has 0 unspecified atom stereocenters. The third-order valence-corrected chi connectivity index (χ3v) is 5.90. The molecule has 0 radical (unpaired) electrons. The Morgan fingerprint density at radius 2 is 1.73 bits per heavy atom. The second-order valence-corrected chi connectivity index (χ2v) is 8.28. The molecule has 0 fully saturated rings. The Bertz CT molecular complexity index is 1370. The molecule has 0 atom stereocenters. The van der Waals surface area contributed by atoms with E-state index in [-0.39, 0.29) is 12.5 Å². The van der Waals surface area contributed by atoms with E-state index in [9.17, 15) is 4.79 Å². The van der Waals surface area contributed by atoms with Crippen LogP contribution in [0.2, 0.25) is 0 Å². The third-order valence-electron chi connectivity index (χ3n) is 5.90. The molecule has 0 spiro atoms. The van der Waals surface area contributed by atoms with Gasteiger partial charge in [0.2, 0.25) is 0 Å². The zero-order valence-corrected chi connectivity index (χ0v) is 21.2. The predicted octanol–water partition coefficient (Wildman–Crippen LogP) is 3.76. The standard InChI is InChI=1S/C28H31N3O6/c1-34-21-6-8-25(35-2)19(15-21)11-12-29-28(33)20-5-10-27-30-24(18-31(27)17-20)23-16-22(37-14-4-13-32)7-9-26(23)36-3/h5-10,15-18,32H,4,11-14H2,1-3H3,(H,29,33). The Labute approximate surface area is 215 Å². The number of carbonyl (C=O) groups is 1. The van der Waals surface area contributed by atoms with Crippen molar-refractivity contribution in [3.05, 3.63) is 72.1 Å². The Morgan fingerprint density at radius 3 is 2.49 bits per heavy atom. The lowest BCUT2D eigenvalue weighted by Crippen LogP contribution is -2.26. The topological polar surface area (TPSA) is 104 Å². The van der Waals surface area contributed by atoms with E-state index in [0.29, 0.717) is 54.4 Å². The summed E-state index contributed by atoms with van der Waals surface area (Å²) >= 11 is 0. The number of benzene rings is 2. The fraction of sp³-hybridized carbons (Fsp3) is 0.286. The Kier molecular flexibility index (Phi) is 8.48. The highest BCUT2D eigenvalue weighted by Gasteiger charge is 2.14. The fourth-order valence-corrected chi connectivity index (χ4v) is 3.98. The minimum absolute atomic E-state index is 0.0700. The number of imidazole rings is 1. The van der Waals surface area contributed by atoms with E-state index < -0.39 is 0 Å². The number of carbonyl (C=O) groups excluding carboxylic acids is 1. The van der Waals surface area contributed by atoms with Crippen LogP contribution in [-0.4, -0.2) is 61.5 Å². The molecule has 2 heterocycles. The quantitative estimate of drug-likeness (QED) is 0.283. The monoisotopic (exact) mass is 505 g/mol. The fourth-order valence-electron chi connectivity index (χ4n) is 3.98. The molecule has 9 heteroatoms. The summed E-state index contributed by atoms with van der Waals surface area (Å²) in [6, 6.07) is 14.7. The van der Waals surface area contributed by atoms with Gasteiger partial charge in [-0.15, -0.1) is 0 Å². The molecule has 0 aliphatic rings. The first-order valence-corrected chi connectivity index (χ1v) is 12.0. The van der Waals surface area contributed by atoms with Crippen LogP contribution in [0.3, 0.4) is 0 Å². The first-order chi connectivity index (χ1) is 18.1. The number of nitrogens with zero attached hydrogens (tertiary/aromatic N) is 2. The summed E-state index contributed by atoms with van der Waals surface area (Å²) in [7, 11) is 4.84. The van der Waals surface area contributed by atoms with Gasteiger partial charge in [-0.3, -0.25) is 4.79 Å². The number of pyridine rings is 1. The van der Waals surface area contributed by atoms with Crippen molar-refractivity contribution in [2.24, 2.45) is 0 Å². The first kappa shape index (κ1) is 25.8. The van der Waals surface area contributed by atoms with Crippen molar-refractivity contribution in [1.82, 2.24) is 14.7 Å². The van der Waals surface area contributed by atoms with E-state index in [1.807, 2.05) is 47.0 Å². The summed E-state index contributed by atoms with van der Waals surface area (Å²) < 4.78 is 23.8. The van der Waals surface area contributed by atoms with Gasteiger partial charge in [0.1, 0.15) is 28.6 Å². The summed E-state index contributed by atoms with van der Waals surface area (Å²) in [5.41, 5.74) is 3.62. The molecular weight excluding hydrogens is 474 g/mol. The summed E-state index contributed by atoms with van der Waals surface area (Å²) in [6.07, 6.45) is 4.75. The number of rotatable bonds is 12. The SMILES string of the molecule is COc1ccc(OC)c(CCNC(=O)c2ccc3nc(-c4cc(OCCCO)ccc4OC)cn3c2)c1. The number of nitrogens with one attached hydrogen (secondary N) is 1. The second-order valence-electron chi connectivity index (χ2n) is 8.28. The summed E-state index contributed by atoms with van der Waals surface area (Å²) in [5.74, 6) is 2.62. The van der Waals surface area contributed by atoms with Gasteiger partial charge in [-0.2, -0.15) is 0 Å². The van der Waals surface area contributed by atoms with Crippen molar-refractivity contribution in [2.45, 2.75) is 12.8 Å². The molecule has 2 N–H and O–H groups in total. The number of ether oxygens (including phenoxy) is 4. The van der Waals surface area contributed by atoms with Crippen LogP contribution in [0.5, 0.6) is 23.0 Å². The zero-order valence-electron chi connectivity index (χ0n) is 21.2. The number of amides is 1. The van der Waals surface area contributed by atoms with Gasteiger partial charge in [0, 0.05) is 37.5 Å². The highest BCUT2D eigenvalue weighted by Crippen LogP contribution is 2.33. The van der Waals surface area contributed by atoms with Crippen LogP contribution in [0.15, 0.2) is 60.9 Å². The molecule has 0 aliphatic carbocycles. The van der Waals surface area contributed by atoms with Crippen LogP contribution in [0.4, 0.5) is 0 Å². The first-order valence-electron chi connectivity index (χ1n) is 12.0. The molecule has 2 aromatic heterocycles. The van der Waals surface area contributed by atoms with Crippen LogP contribution in [0.1, 0.15) is 22.3 Å². The molecule has 4 aromatic rings. The number of fused-ring (bicyclic) bond motifs is 1. The number of aliphatic hydroxyl groups is 1. The Hall–Kier alpha value is -4.24. The molecule has 37 heavy (non-hydrogen) atoms. The lowest BCUT2D eigenvalue weighted by molar-refractivity contribution is 0.0953. The van der Waals surface area contributed by atoms with Gasteiger partial charge in [0.25, 0.3) is 5.91 Å². The molecule has 1 amide bonds. The van der Waals surface area contributed by atoms with E-state index in [0.717, 1.165) is 22.6 Å². The average molecular weight is 506 g/mol. The molecule has 4 rings (SSSR count). The van der Waals surface area contributed by atoms with E-state index in [1.165, 1.54) is 0 Å². The van der Waals surface area contributed by atoms with Crippen LogP contribution >= 0.6 is 0 Å². The van der Waals surface area contributed by atoms with Crippen molar-refractivity contribution < 1.29 is 28.8 Å². The third kappa shape index (κ3) is 6.13. The highest BCUT2D eigenvalue weighted by atomic mass is 16.5. The van der Waals surface area contributed by atoms with Crippen LogP contribution < -0.4 is 24.3 Å².